The summed E-state index contributed by atoms with van der Waals surface area (Å²) in [5.74, 6) is 1.90. The summed E-state index contributed by atoms with van der Waals surface area (Å²) < 4.78 is 27.4. The Bertz CT molecular complexity index is 587. The predicted molar refractivity (Wildman–Crippen MR) is 83.1 cm³/mol. The van der Waals surface area contributed by atoms with Gasteiger partial charge in [0, 0.05) is 11.1 Å². The quantitative estimate of drug-likeness (QED) is 0.871. The fourth-order valence-corrected chi connectivity index (χ4v) is 5.27. The molecule has 1 aromatic carbocycles. The third-order valence-corrected chi connectivity index (χ3v) is 6.49. The van der Waals surface area contributed by atoms with E-state index in [0.29, 0.717) is 5.56 Å². The van der Waals surface area contributed by atoms with Gasteiger partial charge in [0.2, 0.25) is 10.0 Å². The first-order chi connectivity index (χ1) is 9.44. The number of hydrogen-bond acceptors (Lipinski definition) is 4. The van der Waals surface area contributed by atoms with Gasteiger partial charge in [-0.15, -0.1) is 0 Å². The standard InChI is InChI=1S/C12H15Cl2NO3S2/c13-10-6-11(14)12(5-8(10)7-16)20(17,18)15-9-1-3-19-4-2-9/h5-6,9,15-16H,1-4,7H2. The molecule has 2 rings (SSSR count). The molecule has 1 aromatic rings. The fourth-order valence-electron chi connectivity index (χ4n) is 2.00. The van der Waals surface area contributed by atoms with Crippen molar-refractivity contribution < 1.29 is 13.5 Å². The summed E-state index contributed by atoms with van der Waals surface area (Å²) in [6, 6.07) is 2.61. The largest absolute Gasteiger partial charge is 0.392 e. The first-order valence-electron chi connectivity index (χ1n) is 6.13. The first-order valence-corrected chi connectivity index (χ1v) is 9.52. The zero-order valence-corrected chi connectivity index (χ0v) is 13.7. The van der Waals surface area contributed by atoms with Gasteiger partial charge in [-0.2, -0.15) is 11.8 Å². The number of rotatable bonds is 4. The molecule has 4 nitrogen and oxygen atoms in total. The number of aliphatic hydroxyl groups excluding tert-OH is 1. The minimum atomic E-state index is -3.70. The van der Waals surface area contributed by atoms with Crippen molar-refractivity contribution in [3.8, 4) is 0 Å². The first kappa shape index (κ1) is 16.4. The molecule has 0 spiro atoms. The molecule has 1 fully saturated rings. The van der Waals surface area contributed by atoms with Crippen LogP contribution in [0.25, 0.3) is 0 Å². The van der Waals surface area contributed by atoms with Gasteiger partial charge in [-0.25, -0.2) is 13.1 Å². The molecule has 1 aliphatic heterocycles. The fraction of sp³-hybridized carbons (Fsp3) is 0.500. The molecular weight excluding hydrogens is 341 g/mol. The minimum absolute atomic E-state index is 0.0363. The number of aliphatic hydroxyl groups is 1. The van der Waals surface area contributed by atoms with Crippen LogP contribution in [0.2, 0.25) is 10.0 Å². The Morgan fingerprint density at radius 3 is 2.50 bits per heavy atom. The van der Waals surface area contributed by atoms with Crippen LogP contribution in [0.4, 0.5) is 0 Å². The van der Waals surface area contributed by atoms with Crippen LogP contribution in [0.15, 0.2) is 17.0 Å². The molecule has 1 aliphatic rings. The van der Waals surface area contributed by atoms with E-state index in [9.17, 15) is 13.5 Å². The van der Waals surface area contributed by atoms with E-state index in [1.54, 1.807) is 0 Å². The molecule has 20 heavy (non-hydrogen) atoms. The molecule has 0 amide bonds. The van der Waals surface area contributed by atoms with Crippen LogP contribution in [-0.4, -0.2) is 31.1 Å². The molecule has 1 heterocycles. The van der Waals surface area contributed by atoms with Crippen molar-refractivity contribution in [2.45, 2.75) is 30.4 Å². The summed E-state index contributed by atoms with van der Waals surface area (Å²) in [5, 5.41) is 9.49. The maximum atomic E-state index is 12.4. The second-order valence-electron chi connectivity index (χ2n) is 4.54. The summed E-state index contributed by atoms with van der Waals surface area (Å²) in [5.41, 5.74) is 0.343. The molecule has 1 saturated heterocycles. The minimum Gasteiger partial charge on any atom is -0.392 e. The predicted octanol–water partition coefficient (Wildman–Crippen LogP) is 2.66. The molecular formula is C12H15Cl2NO3S2. The highest BCUT2D eigenvalue weighted by molar-refractivity contribution is 7.99. The monoisotopic (exact) mass is 355 g/mol. The van der Waals surface area contributed by atoms with Gasteiger partial charge in [-0.05, 0) is 42.0 Å². The number of sulfonamides is 1. The number of benzene rings is 1. The molecule has 0 unspecified atom stereocenters. The third kappa shape index (κ3) is 3.81. The van der Waals surface area contributed by atoms with Crippen LogP contribution in [0.1, 0.15) is 18.4 Å². The van der Waals surface area contributed by atoms with Gasteiger partial charge in [0.1, 0.15) is 4.90 Å². The van der Waals surface area contributed by atoms with E-state index in [1.165, 1.54) is 12.1 Å². The highest BCUT2D eigenvalue weighted by atomic mass is 35.5. The summed E-state index contributed by atoms with van der Waals surface area (Å²) in [7, 11) is -3.70. The van der Waals surface area contributed by atoms with E-state index in [4.69, 9.17) is 23.2 Å². The van der Waals surface area contributed by atoms with Gasteiger partial charge < -0.3 is 5.11 Å². The van der Waals surface area contributed by atoms with Crippen molar-refractivity contribution in [2.75, 3.05) is 11.5 Å². The maximum absolute atomic E-state index is 12.4. The lowest BCUT2D eigenvalue weighted by Gasteiger charge is -2.22. The third-order valence-electron chi connectivity index (χ3n) is 3.10. The van der Waals surface area contributed by atoms with E-state index >= 15 is 0 Å². The maximum Gasteiger partial charge on any atom is 0.242 e. The Morgan fingerprint density at radius 1 is 1.25 bits per heavy atom. The second kappa shape index (κ2) is 6.85. The average Bonchev–Trinajstić information content (AvgIpc) is 2.39. The topological polar surface area (TPSA) is 66.4 Å². The SMILES string of the molecule is O=S(=O)(NC1CCSCC1)c1cc(CO)c(Cl)cc1Cl. The summed E-state index contributed by atoms with van der Waals surface area (Å²) in [6.45, 7) is -0.335. The molecule has 0 radical (unpaired) electrons. The van der Waals surface area contributed by atoms with E-state index < -0.39 is 10.0 Å². The van der Waals surface area contributed by atoms with Crippen LogP contribution in [-0.2, 0) is 16.6 Å². The highest BCUT2D eigenvalue weighted by Gasteiger charge is 2.25. The summed E-state index contributed by atoms with van der Waals surface area (Å²) >= 11 is 13.7. The smallest absolute Gasteiger partial charge is 0.242 e. The Balaban J connectivity index is 2.28. The lowest BCUT2D eigenvalue weighted by atomic mass is 10.2. The van der Waals surface area contributed by atoms with Crippen LogP contribution in [0, 0.1) is 0 Å². The Hall–Kier alpha value is 0.0200. The van der Waals surface area contributed by atoms with Crippen LogP contribution >= 0.6 is 35.0 Å². The Labute approximate surface area is 132 Å². The van der Waals surface area contributed by atoms with Crippen molar-refractivity contribution in [1.82, 2.24) is 4.72 Å². The summed E-state index contributed by atoms with van der Waals surface area (Å²) in [4.78, 5) is -0.0363. The van der Waals surface area contributed by atoms with E-state index in [-0.39, 0.29) is 27.6 Å². The van der Waals surface area contributed by atoms with Gasteiger partial charge in [-0.3, -0.25) is 0 Å². The van der Waals surface area contributed by atoms with Crippen molar-refractivity contribution in [2.24, 2.45) is 0 Å². The molecule has 0 aromatic heterocycles. The van der Waals surface area contributed by atoms with Crippen molar-refractivity contribution in [3.63, 3.8) is 0 Å². The van der Waals surface area contributed by atoms with Gasteiger partial charge in [0.05, 0.1) is 11.6 Å². The van der Waals surface area contributed by atoms with E-state index in [2.05, 4.69) is 4.72 Å². The number of thioether (sulfide) groups is 1. The zero-order chi connectivity index (χ0) is 14.8. The molecule has 2 N–H and O–H groups in total. The van der Waals surface area contributed by atoms with Gasteiger partial charge in [-0.1, -0.05) is 23.2 Å². The molecule has 0 saturated carbocycles. The van der Waals surface area contributed by atoms with Crippen molar-refractivity contribution in [3.05, 3.63) is 27.7 Å². The second-order valence-corrected chi connectivity index (χ2v) is 8.26. The van der Waals surface area contributed by atoms with Gasteiger partial charge >= 0.3 is 0 Å². The van der Waals surface area contributed by atoms with Gasteiger partial charge in [0.25, 0.3) is 0 Å². The van der Waals surface area contributed by atoms with Crippen molar-refractivity contribution >= 4 is 45.0 Å². The number of hydrogen-bond donors (Lipinski definition) is 2. The van der Waals surface area contributed by atoms with Crippen LogP contribution in [0.3, 0.4) is 0 Å². The molecule has 112 valence electrons. The Morgan fingerprint density at radius 2 is 1.90 bits per heavy atom. The molecule has 0 bridgehead atoms. The lowest BCUT2D eigenvalue weighted by Crippen LogP contribution is -2.37. The average molecular weight is 356 g/mol. The van der Waals surface area contributed by atoms with E-state index in [1.807, 2.05) is 11.8 Å². The van der Waals surface area contributed by atoms with Crippen LogP contribution < -0.4 is 4.72 Å². The van der Waals surface area contributed by atoms with Gasteiger partial charge in [0.15, 0.2) is 0 Å². The normalized spacial score (nSPS) is 17.4. The zero-order valence-electron chi connectivity index (χ0n) is 10.6. The van der Waals surface area contributed by atoms with Crippen LogP contribution in [0.5, 0.6) is 0 Å². The molecule has 8 heteroatoms. The van der Waals surface area contributed by atoms with E-state index in [0.717, 1.165) is 24.3 Å². The highest BCUT2D eigenvalue weighted by Crippen LogP contribution is 2.29. The summed E-state index contributed by atoms with van der Waals surface area (Å²) in [6.07, 6.45) is 1.62. The molecule has 0 aliphatic carbocycles. The lowest BCUT2D eigenvalue weighted by molar-refractivity contribution is 0.281. The number of halogens is 2. The number of nitrogens with one attached hydrogen (secondary N) is 1. The Kier molecular flexibility index (Phi) is 5.62. The molecule has 0 atom stereocenters. The van der Waals surface area contributed by atoms with Crippen molar-refractivity contribution in [1.29, 1.82) is 0 Å².